The Kier molecular flexibility index (Phi) is 14.5. The molecular weight excluding hydrogens is 404 g/mol. The normalized spacial score (nSPS) is 11.1. The van der Waals surface area contributed by atoms with Gasteiger partial charge in [-0.2, -0.15) is 0 Å². The predicted molar refractivity (Wildman–Crippen MR) is 129 cm³/mol. The molecular formula is C27H44O5. The quantitative estimate of drug-likeness (QED) is 0.140. The molecule has 1 aromatic rings. The molecule has 0 aromatic heterocycles. The number of ether oxygens (including phenoxy) is 3. The van der Waals surface area contributed by atoms with Gasteiger partial charge in [0.15, 0.2) is 11.5 Å². The SMILES string of the molecule is CCCCCCCOc1cccc(OC(=O)CCCC(C)C)c1OC(=O)CCCC(C)C. The third kappa shape index (κ3) is 12.7. The Morgan fingerprint density at radius 3 is 1.91 bits per heavy atom. The van der Waals surface area contributed by atoms with E-state index in [2.05, 4.69) is 34.6 Å². The molecule has 0 atom stereocenters. The van der Waals surface area contributed by atoms with Crippen LogP contribution in [-0.4, -0.2) is 18.5 Å². The highest BCUT2D eigenvalue weighted by molar-refractivity contribution is 5.77. The summed E-state index contributed by atoms with van der Waals surface area (Å²) in [5, 5.41) is 0. The van der Waals surface area contributed by atoms with Crippen LogP contribution in [0, 0.1) is 11.8 Å². The number of para-hydroxylation sites is 1. The summed E-state index contributed by atoms with van der Waals surface area (Å²) in [5.74, 6) is 1.34. The molecule has 0 N–H and O–H groups in total. The van der Waals surface area contributed by atoms with E-state index in [4.69, 9.17) is 14.2 Å². The second kappa shape index (κ2) is 16.6. The summed E-state index contributed by atoms with van der Waals surface area (Å²) in [7, 11) is 0. The molecule has 0 bridgehead atoms. The van der Waals surface area contributed by atoms with Gasteiger partial charge in [-0.05, 0) is 43.2 Å². The Hall–Kier alpha value is -2.04. The van der Waals surface area contributed by atoms with Crippen LogP contribution in [0.3, 0.4) is 0 Å². The lowest BCUT2D eigenvalue weighted by atomic mass is 10.1. The van der Waals surface area contributed by atoms with Crippen molar-refractivity contribution in [3.8, 4) is 17.2 Å². The zero-order chi connectivity index (χ0) is 23.8. The van der Waals surface area contributed by atoms with Crippen LogP contribution in [0.5, 0.6) is 17.2 Å². The largest absolute Gasteiger partial charge is 0.490 e. The zero-order valence-electron chi connectivity index (χ0n) is 20.9. The van der Waals surface area contributed by atoms with Gasteiger partial charge in [0.05, 0.1) is 6.61 Å². The minimum Gasteiger partial charge on any atom is -0.490 e. The number of unbranched alkanes of at least 4 members (excludes halogenated alkanes) is 4. The second-order valence-electron chi connectivity index (χ2n) is 9.37. The van der Waals surface area contributed by atoms with Crippen LogP contribution >= 0.6 is 0 Å². The van der Waals surface area contributed by atoms with Crippen molar-refractivity contribution in [3.63, 3.8) is 0 Å². The molecule has 0 amide bonds. The highest BCUT2D eigenvalue weighted by atomic mass is 16.6. The van der Waals surface area contributed by atoms with Crippen molar-refractivity contribution in [3.05, 3.63) is 18.2 Å². The van der Waals surface area contributed by atoms with Gasteiger partial charge in [-0.25, -0.2) is 0 Å². The Labute approximate surface area is 195 Å². The molecule has 5 nitrogen and oxygen atoms in total. The fourth-order valence-electron chi connectivity index (χ4n) is 3.33. The first-order valence-corrected chi connectivity index (χ1v) is 12.5. The molecule has 0 saturated heterocycles. The molecule has 32 heavy (non-hydrogen) atoms. The van der Waals surface area contributed by atoms with Gasteiger partial charge in [-0.1, -0.05) is 79.2 Å². The summed E-state index contributed by atoms with van der Waals surface area (Å²) in [6, 6.07) is 5.18. The summed E-state index contributed by atoms with van der Waals surface area (Å²) in [4.78, 5) is 24.8. The third-order valence-electron chi connectivity index (χ3n) is 5.21. The number of carbonyl (C=O) groups is 2. The molecule has 0 radical (unpaired) electrons. The van der Waals surface area contributed by atoms with Gasteiger partial charge < -0.3 is 14.2 Å². The van der Waals surface area contributed by atoms with Crippen molar-refractivity contribution >= 4 is 11.9 Å². The Morgan fingerprint density at radius 2 is 1.31 bits per heavy atom. The fourth-order valence-corrected chi connectivity index (χ4v) is 3.33. The van der Waals surface area contributed by atoms with Crippen LogP contribution in [0.4, 0.5) is 0 Å². The summed E-state index contributed by atoms with van der Waals surface area (Å²) in [6.45, 7) is 11.2. The van der Waals surface area contributed by atoms with Crippen LogP contribution in [0.25, 0.3) is 0 Å². The van der Waals surface area contributed by atoms with Gasteiger partial charge in [0.25, 0.3) is 0 Å². The van der Waals surface area contributed by atoms with Gasteiger partial charge in [-0.15, -0.1) is 0 Å². The van der Waals surface area contributed by atoms with Gasteiger partial charge in [0, 0.05) is 12.8 Å². The van der Waals surface area contributed by atoms with Gasteiger partial charge in [-0.3, -0.25) is 9.59 Å². The summed E-state index contributed by atoms with van der Waals surface area (Å²) < 4.78 is 17.2. The van der Waals surface area contributed by atoms with Crippen LogP contribution in [0.15, 0.2) is 18.2 Å². The lowest BCUT2D eigenvalue weighted by Gasteiger charge is -2.15. The zero-order valence-corrected chi connectivity index (χ0v) is 20.9. The van der Waals surface area contributed by atoms with Crippen LogP contribution < -0.4 is 14.2 Å². The maximum absolute atomic E-state index is 12.5. The molecule has 5 heteroatoms. The lowest BCUT2D eigenvalue weighted by Crippen LogP contribution is -2.13. The Morgan fingerprint density at radius 1 is 0.750 bits per heavy atom. The standard InChI is InChI=1S/C27H44O5/c1-6-7-8-9-10-20-30-23-16-13-17-24(31-25(28)18-11-14-21(2)3)27(23)32-26(29)19-12-15-22(4)5/h13,16-17,21-22H,6-12,14-15,18-20H2,1-5H3. The molecule has 1 rings (SSSR count). The first-order chi connectivity index (χ1) is 15.3. The molecule has 182 valence electrons. The molecule has 0 fully saturated rings. The minimum absolute atomic E-state index is 0.216. The van der Waals surface area contributed by atoms with E-state index >= 15 is 0 Å². The second-order valence-corrected chi connectivity index (χ2v) is 9.37. The monoisotopic (exact) mass is 448 g/mol. The minimum atomic E-state index is -0.332. The first-order valence-electron chi connectivity index (χ1n) is 12.5. The van der Waals surface area contributed by atoms with Gasteiger partial charge in [0.2, 0.25) is 5.75 Å². The van der Waals surface area contributed by atoms with Crippen molar-refractivity contribution in [2.75, 3.05) is 6.61 Å². The first kappa shape index (κ1) is 28.0. The van der Waals surface area contributed by atoms with Crippen molar-refractivity contribution in [2.24, 2.45) is 11.8 Å². The van der Waals surface area contributed by atoms with E-state index in [0.29, 0.717) is 37.0 Å². The Bertz CT molecular complexity index is 666. The topological polar surface area (TPSA) is 61.8 Å². The molecule has 0 heterocycles. The molecule has 0 saturated carbocycles. The van der Waals surface area contributed by atoms with Crippen molar-refractivity contribution in [2.45, 2.75) is 105 Å². The molecule has 0 spiro atoms. The van der Waals surface area contributed by atoms with E-state index in [1.165, 1.54) is 19.3 Å². The highest BCUT2D eigenvalue weighted by Crippen LogP contribution is 2.38. The average Bonchev–Trinajstić information content (AvgIpc) is 2.72. The lowest BCUT2D eigenvalue weighted by molar-refractivity contribution is -0.137. The number of benzene rings is 1. The maximum Gasteiger partial charge on any atom is 0.311 e. The number of hydrogen-bond acceptors (Lipinski definition) is 5. The van der Waals surface area contributed by atoms with E-state index in [0.717, 1.165) is 38.5 Å². The van der Waals surface area contributed by atoms with Crippen molar-refractivity contribution in [1.82, 2.24) is 0 Å². The van der Waals surface area contributed by atoms with Gasteiger partial charge >= 0.3 is 11.9 Å². The van der Waals surface area contributed by atoms with Crippen molar-refractivity contribution in [1.29, 1.82) is 0 Å². The molecule has 0 unspecified atom stereocenters. The molecule has 0 aliphatic carbocycles. The highest BCUT2D eigenvalue weighted by Gasteiger charge is 2.19. The van der Waals surface area contributed by atoms with Crippen LogP contribution in [0.2, 0.25) is 0 Å². The van der Waals surface area contributed by atoms with Crippen LogP contribution in [0.1, 0.15) is 105 Å². The van der Waals surface area contributed by atoms with E-state index in [1.807, 2.05) is 0 Å². The number of esters is 2. The van der Waals surface area contributed by atoms with E-state index in [9.17, 15) is 9.59 Å². The molecule has 0 aliphatic rings. The smallest absolute Gasteiger partial charge is 0.311 e. The van der Waals surface area contributed by atoms with E-state index < -0.39 is 0 Å². The maximum atomic E-state index is 12.5. The van der Waals surface area contributed by atoms with Gasteiger partial charge in [0.1, 0.15) is 0 Å². The molecule has 0 aliphatic heterocycles. The van der Waals surface area contributed by atoms with Crippen molar-refractivity contribution < 1.29 is 23.8 Å². The average molecular weight is 449 g/mol. The summed E-state index contributed by atoms with van der Waals surface area (Å²) in [6.07, 6.45) is 9.76. The fraction of sp³-hybridized carbons (Fsp3) is 0.704. The Balaban J connectivity index is 2.81. The summed E-state index contributed by atoms with van der Waals surface area (Å²) in [5.41, 5.74) is 0. The predicted octanol–water partition coefficient (Wildman–Crippen LogP) is 7.50. The summed E-state index contributed by atoms with van der Waals surface area (Å²) >= 11 is 0. The van der Waals surface area contributed by atoms with E-state index in [1.54, 1.807) is 18.2 Å². The van der Waals surface area contributed by atoms with Crippen LogP contribution in [-0.2, 0) is 9.59 Å². The van der Waals surface area contributed by atoms with E-state index in [-0.39, 0.29) is 23.4 Å². The number of carbonyl (C=O) groups excluding carboxylic acids is 2. The molecule has 1 aromatic carbocycles. The third-order valence-corrected chi connectivity index (χ3v) is 5.21. The number of rotatable bonds is 17. The number of hydrogen-bond donors (Lipinski definition) is 0.